The second-order valence-corrected chi connectivity index (χ2v) is 14.6. The van der Waals surface area contributed by atoms with Crippen molar-refractivity contribution in [1.29, 1.82) is 0 Å². The van der Waals surface area contributed by atoms with Gasteiger partial charge in [-0.2, -0.15) is 0 Å². The highest BCUT2D eigenvalue weighted by molar-refractivity contribution is 7.99. The summed E-state index contributed by atoms with van der Waals surface area (Å²) in [5.41, 5.74) is 3.11. The molecule has 4 rings (SSSR count). The van der Waals surface area contributed by atoms with Crippen molar-refractivity contribution in [3.63, 3.8) is 0 Å². The van der Waals surface area contributed by atoms with E-state index in [0.717, 1.165) is 27.1 Å². The Morgan fingerprint density at radius 3 is 2.47 bits per heavy atom. The number of rotatable bonds is 21. The second-order valence-electron chi connectivity index (χ2n) is 13.5. The van der Waals surface area contributed by atoms with Crippen LogP contribution >= 0.6 is 11.8 Å². The zero-order valence-electron chi connectivity index (χ0n) is 31.4. The predicted octanol–water partition coefficient (Wildman–Crippen LogP) is 0.873. The number of aromatic amines is 1. The highest BCUT2D eigenvalue weighted by Gasteiger charge is 2.38. The maximum absolute atomic E-state index is 14.0. The lowest BCUT2D eigenvalue weighted by molar-refractivity contribution is -0.142. The summed E-state index contributed by atoms with van der Waals surface area (Å²) in [5.74, 6) is -1.80. The lowest BCUT2D eigenvalue weighted by Gasteiger charge is -2.29. The first-order valence-corrected chi connectivity index (χ1v) is 19.3. The summed E-state index contributed by atoms with van der Waals surface area (Å²) in [5, 5.41) is 37.4. The fourth-order valence-corrected chi connectivity index (χ4v) is 7.29. The van der Waals surface area contributed by atoms with Gasteiger partial charge in [0.05, 0.1) is 30.2 Å². The fraction of sp³-hybridized carbons (Fsp3) is 0.474. The Bertz CT molecular complexity index is 1790. The highest BCUT2D eigenvalue weighted by Crippen LogP contribution is 2.30. The maximum Gasteiger partial charge on any atom is 0.246 e. The van der Waals surface area contributed by atoms with Gasteiger partial charge in [0.25, 0.3) is 0 Å². The zero-order valence-corrected chi connectivity index (χ0v) is 32.2. The molecule has 5 unspecified atom stereocenters. The number of benzene rings is 2. The van der Waals surface area contributed by atoms with Crippen LogP contribution in [0.15, 0.2) is 53.6 Å². The van der Waals surface area contributed by atoms with Gasteiger partial charge in [0, 0.05) is 60.0 Å². The molecule has 2 aromatic carbocycles. The summed E-state index contributed by atoms with van der Waals surface area (Å²) >= 11 is 1.39. The Hall–Kier alpha value is -4.97. The molecule has 0 aliphatic carbocycles. The number of nitrogens with one attached hydrogen (secondary N) is 7. The highest BCUT2D eigenvalue weighted by atomic mass is 32.2. The number of nitrogens with zero attached hydrogens (tertiary/aromatic N) is 1. The number of hydrogen-bond donors (Lipinski definition) is 9. The van der Waals surface area contributed by atoms with Crippen molar-refractivity contribution in [2.75, 3.05) is 31.3 Å². The first-order valence-electron chi connectivity index (χ1n) is 18.4. The van der Waals surface area contributed by atoms with Crippen LogP contribution < -0.4 is 31.9 Å². The van der Waals surface area contributed by atoms with E-state index in [2.05, 4.69) is 36.9 Å². The number of aromatic nitrogens is 1. The van der Waals surface area contributed by atoms with Gasteiger partial charge in [0.2, 0.25) is 35.9 Å². The van der Waals surface area contributed by atoms with Crippen molar-refractivity contribution in [3.05, 3.63) is 59.7 Å². The van der Waals surface area contributed by atoms with Crippen LogP contribution in [-0.2, 0) is 41.9 Å². The average molecular weight is 781 g/mol. The monoisotopic (exact) mass is 780 g/mol. The van der Waals surface area contributed by atoms with Gasteiger partial charge in [-0.3, -0.25) is 28.8 Å². The molecule has 0 bridgehead atoms. The number of aliphatic hydroxyl groups is 2. The maximum atomic E-state index is 14.0. The second kappa shape index (κ2) is 21.2. The van der Waals surface area contributed by atoms with Crippen LogP contribution in [0.3, 0.4) is 0 Å². The van der Waals surface area contributed by atoms with Gasteiger partial charge in [-0.15, -0.1) is 11.8 Å². The number of likely N-dealkylation sites (N-methyl/N-ethyl adjacent to an activating group) is 1. The van der Waals surface area contributed by atoms with Gasteiger partial charge in [0.15, 0.2) is 0 Å². The summed E-state index contributed by atoms with van der Waals surface area (Å²) in [7, 11) is 1.69. The number of H-pyrrole nitrogens is 1. The Morgan fingerprint density at radius 1 is 1.02 bits per heavy atom. The van der Waals surface area contributed by atoms with Gasteiger partial charge in [-0.1, -0.05) is 30.3 Å². The molecule has 55 heavy (non-hydrogen) atoms. The summed E-state index contributed by atoms with van der Waals surface area (Å²) in [6, 6.07) is 11.7. The van der Waals surface area contributed by atoms with Crippen molar-refractivity contribution in [2.45, 2.75) is 94.3 Å². The minimum Gasteiger partial charge on any atom is -0.394 e. The first kappa shape index (κ1) is 42.8. The lowest BCUT2D eigenvalue weighted by Crippen LogP contribution is -2.55. The lowest BCUT2D eigenvalue weighted by atomic mass is 10.1. The molecular formula is C38H52N8O8S. The van der Waals surface area contributed by atoms with Gasteiger partial charge in [0.1, 0.15) is 12.1 Å². The van der Waals surface area contributed by atoms with Gasteiger partial charge < -0.3 is 52.0 Å². The van der Waals surface area contributed by atoms with Crippen LogP contribution in [0.2, 0.25) is 0 Å². The molecule has 1 fully saturated rings. The van der Waals surface area contributed by atoms with Gasteiger partial charge in [-0.05, 0) is 63.9 Å². The van der Waals surface area contributed by atoms with E-state index in [-0.39, 0.29) is 44.3 Å². The average Bonchev–Trinajstić information content (AvgIpc) is 3.81. The van der Waals surface area contributed by atoms with Crippen LogP contribution in [0.4, 0.5) is 5.69 Å². The third kappa shape index (κ3) is 12.5. The molecule has 1 saturated heterocycles. The topological polar surface area (TPSA) is 234 Å². The van der Waals surface area contributed by atoms with Gasteiger partial charge in [-0.25, -0.2) is 0 Å². The molecule has 9 N–H and O–H groups in total. The van der Waals surface area contributed by atoms with E-state index in [1.54, 1.807) is 45.2 Å². The number of thioether (sulfide) groups is 1. The Labute approximate surface area is 324 Å². The molecule has 1 aromatic heterocycles. The molecule has 2 heterocycles. The SMILES string of the molecule is CNC(C)C(=O)Nc1ccc(CNC(=O)CC(NC(=O)CCSc2[nH]c3ccccc3c2CNC=O)C(=O)N2CCCC2C(=O)NC(C)CC(O)CO)cc1. The van der Waals surface area contributed by atoms with E-state index in [9.17, 15) is 39.0 Å². The van der Waals surface area contributed by atoms with E-state index in [0.29, 0.717) is 37.2 Å². The summed E-state index contributed by atoms with van der Waals surface area (Å²) in [6.07, 6.45) is 0.300. The van der Waals surface area contributed by atoms with Crippen LogP contribution in [-0.4, -0.2) is 112 Å². The number of carbonyl (C=O) groups is 6. The van der Waals surface area contributed by atoms with E-state index < -0.39 is 54.5 Å². The van der Waals surface area contributed by atoms with Crippen LogP contribution in [0.25, 0.3) is 10.9 Å². The minimum absolute atomic E-state index is 0.0105. The van der Waals surface area contributed by atoms with Crippen molar-refractivity contribution in [3.8, 4) is 0 Å². The number of carbonyl (C=O) groups excluding carboxylic acids is 6. The van der Waals surface area contributed by atoms with Crippen molar-refractivity contribution >= 4 is 64.3 Å². The number of likely N-dealkylation sites (tertiary alicyclic amines) is 1. The normalized spacial score (nSPS) is 16.1. The standard InChI is InChI=1S/C38H52N8O8S/c1-23(17-27(49)21-47)42-36(53)32-9-6-15-46(32)38(54)31(18-34(51)41-19-25-10-12-26(13-11-25)43-35(52)24(2)39-3)44-33(50)14-16-55-37-29(20-40-22-48)28-7-4-5-8-30(28)45-37/h4-5,7-8,10-13,22-24,27,31-32,39,45,47,49H,6,9,14-21H2,1-3H3,(H,40,48)(H,41,51)(H,42,53)(H,43,52)(H,44,50). The van der Waals surface area contributed by atoms with Crippen molar-refractivity contribution < 1.29 is 39.0 Å². The van der Waals surface area contributed by atoms with Crippen LogP contribution in [0.5, 0.6) is 0 Å². The Kier molecular flexibility index (Phi) is 16.5. The molecule has 0 saturated carbocycles. The summed E-state index contributed by atoms with van der Waals surface area (Å²) < 4.78 is 0. The van der Waals surface area contributed by atoms with E-state index in [1.165, 1.54) is 16.7 Å². The molecule has 5 atom stereocenters. The van der Waals surface area contributed by atoms with E-state index in [4.69, 9.17) is 0 Å². The number of fused-ring (bicyclic) bond motifs is 1. The van der Waals surface area contributed by atoms with E-state index in [1.807, 2.05) is 24.3 Å². The first-order chi connectivity index (χ1) is 26.4. The Balaban J connectivity index is 1.42. The molecule has 17 heteroatoms. The van der Waals surface area contributed by atoms with Crippen LogP contribution in [0, 0.1) is 0 Å². The molecule has 298 valence electrons. The molecule has 16 nitrogen and oxygen atoms in total. The predicted molar refractivity (Wildman–Crippen MR) is 209 cm³/mol. The minimum atomic E-state index is -1.26. The number of anilines is 1. The third-order valence-corrected chi connectivity index (χ3v) is 10.4. The van der Waals surface area contributed by atoms with Crippen molar-refractivity contribution in [2.24, 2.45) is 0 Å². The molecule has 1 aliphatic heterocycles. The third-order valence-electron chi connectivity index (χ3n) is 9.34. The van der Waals surface area contributed by atoms with E-state index >= 15 is 0 Å². The number of para-hydroxylation sites is 1. The largest absolute Gasteiger partial charge is 0.394 e. The molecule has 1 aliphatic rings. The molecule has 0 spiro atoms. The zero-order chi connectivity index (χ0) is 39.9. The summed E-state index contributed by atoms with van der Waals surface area (Å²) in [6.45, 7) is 3.66. The van der Waals surface area contributed by atoms with Crippen LogP contribution in [0.1, 0.15) is 57.1 Å². The van der Waals surface area contributed by atoms with Crippen molar-refractivity contribution in [1.82, 2.24) is 36.5 Å². The number of amides is 6. The number of aliphatic hydroxyl groups excluding tert-OH is 2. The number of hydrogen-bond acceptors (Lipinski definition) is 10. The fourth-order valence-electron chi connectivity index (χ4n) is 6.26. The quantitative estimate of drug-likeness (QED) is 0.0547. The molecule has 6 amide bonds. The van der Waals surface area contributed by atoms with Gasteiger partial charge >= 0.3 is 0 Å². The molecule has 3 aromatic rings. The Morgan fingerprint density at radius 2 is 1.76 bits per heavy atom. The smallest absolute Gasteiger partial charge is 0.246 e. The summed E-state index contributed by atoms with van der Waals surface area (Å²) in [4.78, 5) is 81.9. The molecule has 0 radical (unpaired) electrons. The molecular weight excluding hydrogens is 729 g/mol.